The molecule has 0 aliphatic rings. The smallest absolute Gasteiger partial charge is 0.00188 e. The third kappa shape index (κ3) is 5.85. The van der Waals surface area contributed by atoms with E-state index in [-0.39, 0.29) is 0 Å². The number of unbranched alkanes of at least 4 members (excludes halogenated alkanes) is 1. The van der Waals surface area contributed by atoms with Gasteiger partial charge in [0.05, 0.1) is 0 Å². The lowest BCUT2D eigenvalue weighted by Gasteiger charge is -2.15. The Kier molecular flexibility index (Phi) is 6.53. The van der Waals surface area contributed by atoms with Crippen molar-refractivity contribution in [3.63, 3.8) is 0 Å². The topological polar surface area (TPSA) is 3.24 Å². The molecular formula is C13H21NS. The Morgan fingerprint density at radius 2 is 1.80 bits per heavy atom. The van der Waals surface area contributed by atoms with Crippen molar-refractivity contribution < 1.29 is 0 Å². The molecule has 0 aliphatic carbocycles. The fraction of sp³-hybridized carbons (Fsp3) is 0.538. The van der Waals surface area contributed by atoms with E-state index in [1.807, 2.05) is 0 Å². The Labute approximate surface area is 98.9 Å². The number of nitrogens with zero attached hydrogens (tertiary/aromatic N) is 1. The highest BCUT2D eigenvalue weighted by molar-refractivity contribution is 7.80. The molecule has 0 aliphatic heterocycles. The van der Waals surface area contributed by atoms with Crippen LogP contribution in [0.15, 0.2) is 30.3 Å². The minimum atomic E-state index is 1.01. The number of benzene rings is 1. The average molecular weight is 223 g/mol. The van der Waals surface area contributed by atoms with E-state index in [1.54, 1.807) is 0 Å². The molecule has 0 fully saturated rings. The van der Waals surface area contributed by atoms with Crippen LogP contribution >= 0.6 is 12.6 Å². The Balaban J connectivity index is 2.14. The molecule has 1 aromatic rings. The molecule has 1 nitrogen and oxygen atoms in total. The molecule has 0 aromatic heterocycles. The van der Waals surface area contributed by atoms with E-state index in [9.17, 15) is 0 Å². The molecule has 2 heteroatoms. The number of hydrogen-bond acceptors (Lipinski definition) is 2. The van der Waals surface area contributed by atoms with E-state index in [0.29, 0.717) is 0 Å². The molecule has 15 heavy (non-hydrogen) atoms. The molecule has 0 N–H and O–H groups in total. The molecule has 1 aromatic carbocycles. The van der Waals surface area contributed by atoms with Crippen LogP contribution in [0.25, 0.3) is 0 Å². The quantitative estimate of drug-likeness (QED) is 0.549. The molecule has 84 valence electrons. The van der Waals surface area contributed by atoms with Gasteiger partial charge in [-0.15, -0.1) is 0 Å². The van der Waals surface area contributed by atoms with Crippen LogP contribution in [0.5, 0.6) is 0 Å². The predicted octanol–water partition coefficient (Wildman–Crippen LogP) is 2.87. The molecule has 0 radical (unpaired) electrons. The maximum Gasteiger partial charge on any atom is 0.00188 e. The van der Waals surface area contributed by atoms with Crippen LogP contribution in [0, 0.1) is 0 Å². The molecule has 0 unspecified atom stereocenters. The molecule has 0 amide bonds. The SMILES string of the molecule is CN(CCCCS)CCc1ccccc1. The third-order valence-corrected chi connectivity index (χ3v) is 2.89. The monoisotopic (exact) mass is 223 g/mol. The van der Waals surface area contributed by atoms with Gasteiger partial charge < -0.3 is 4.90 Å². The van der Waals surface area contributed by atoms with Crippen molar-refractivity contribution in [2.24, 2.45) is 0 Å². The van der Waals surface area contributed by atoms with Gasteiger partial charge in [0.25, 0.3) is 0 Å². The fourth-order valence-electron chi connectivity index (χ4n) is 1.57. The van der Waals surface area contributed by atoms with Crippen LogP contribution in [0.4, 0.5) is 0 Å². The van der Waals surface area contributed by atoms with Crippen LogP contribution in [0.1, 0.15) is 18.4 Å². The number of rotatable bonds is 7. The van der Waals surface area contributed by atoms with Crippen LogP contribution in [-0.4, -0.2) is 30.8 Å². The zero-order valence-corrected chi connectivity index (χ0v) is 10.4. The van der Waals surface area contributed by atoms with Gasteiger partial charge in [-0.25, -0.2) is 0 Å². The maximum absolute atomic E-state index is 4.21. The lowest BCUT2D eigenvalue weighted by Crippen LogP contribution is -2.22. The first-order valence-electron chi connectivity index (χ1n) is 5.66. The van der Waals surface area contributed by atoms with E-state index in [2.05, 4.69) is 54.9 Å². The number of thiol groups is 1. The number of hydrogen-bond donors (Lipinski definition) is 1. The normalized spacial score (nSPS) is 10.9. The van der Waals surface area contributed by atoms with Crippen molar-refractivity contribution in [1.29, 1.82) is 0 Å². The van der Waals surface area contributed by atoms with Crippen molar-refractivity contribution in [3.05, 3.63) is 35.9 Å². The van der Waals surface area contributed by atoms with Crippen molar-refractivity contribution in [2.45, 2.75) is 19.3 Å². The first-order valence-corrected chi connectivity index (χ1v) is 6.29. The third-order valence-electron chi connectivity index (χ3n) is 2.57. The summed E-state index contributed by atoms with van der Waals surface area (Å²) < 4.78 is 0. The van der Waals surface area contributed by atoms with E-state index < -0.39 is 0 Å². The Morgan fingerprint density at radius 1 is 1.07 bits per heavy atom. The van der Waals surface area contributed by atoms with Crippen molar-refractivity contribution in [3.8, 4) is 0 Å². The van der Waals surface area contributed by atoms with Gasteiger partial charge >= 0.3 is 0 Å². The Morgan fingerprint density at radius 3 is 2.47 bits per heavy atom. The van der Waals surface area contributed by atoms with Gasteiger partial charge in [-0.2, -0.15) is 12.6 Å². The summed E-state index contributed by atoms with van der Waals surface area (Å²) >= 11 is 4.21. The van der Waals surface area contributed by atoms with Crippen molar-refractivity contribution in [2.75, 3.05) is 25.9 Å². The predicted molar refractivity (Wildman–Crippen MR) is 70.7 cm³/mol. The maximum atomic E-state index is 4.21. The molecule has 0 heterocycles. The van der Waals surface area contributed by atoms with Crippen molar-refractivity contribution >= 4 is 12.6 Å². The zero-order chi connectivity index (χ0) is 10.9. The zero-order valence-electron chi connectivity index (χ0n) is 9.52. The van der Waals surface area contributed by atoms with Crippen molar-refractivity contribution in [1.82, 2.24) is 4.90 Å². The van der Waals surface area contributed by atoms with E-state index in [4.69, 9.17) is 0 Å². The van der Waals surface area contributed by atoms with Crippen LogP contribution in [-0.2, 0) is 6.42 Å². The Hall–Kier alpha value is -0.470. The molecule has 0 bridgehead atoms. The average Bonchev–Trinajstić information content (AvgIpc) is 2.28. The first kappa shape index (κ1) is 12.6. The van der Waals surface area contributed by atoms with Gasteiger partial charge in [-0.05, 0) is 44.2 Å². The molecule has 1 rings (SSSR count). The second-order valence-electron chi connectivity index (χ2n) is 3.97. The number of likely N-dealkylation sites (N-methyl/N-ethyl adjacent to an activating group) is 1. The lowest BCUT2D eigenvalue weighted by molar-refractivity contribution is 0.332. The van der Waals surface area contributed by atoms with Gasteiger partial charge in [-0.1, -0.05) is 30.3 Å². The molecular weight excluding hydrogens is 202 g/mol. The lowest BCUT2D eigenvalue weighted by atomic mass is 10.1. The molecule has 0 spiro atoms. The fourth-order valence-corrected chi connectivity index (χ4v) is 1.79. The second-order valence-corrected chi connectivity index (χ2v) is 4.42. The Bertz CT molecular complexity index is 248. The van der Waals surface area contributed by atoms with Crippen LogP contribution < -0.4 is 0 Å². The minimum Gasteiger partial charge on any atom is -0.306 e. The van der Waals surface area contributed by atoms with Gasteiger partial charge in [0.15, 0.2) is 0 Å². The van der Waals surface area contributed by atoms with E-state index in [0.717, 1.165) is 18.7 Å². The summed E-state index contributed by atoms with van der Waals surface area (Å²) in [4.78, 5) is 2.40. The van der Waals surface area contributed by atoms with Crippen LogP contribution in [0.3, 0.4) is 0 Å². The molecule has 0 saturated heterocycles. The second kappa shape index (κ2) is 7.77. The first-order chi connectivity index (χ1) is 7.33. The van der Waals surface area contributed by atoms with Gasteiger partial charge in [0, 0.05) is 6.54 Å². The highest BCUT2D eigenvalue weighted by atomic mass is 32.1. The summed E-state index contributed by atoms with van der Waals surface area (Å²) in [7, 11) is 2.20. The summed E-state index contributed by atoms with van der Waals surface area (Å²) in [6.45, 7) is 2.34. The minimum absolute atomic E-state index is 1.01. The van der Waals surface area contributed by atoms with Gasteiger partial charge in [0.2, 0.25) is 0 Å². The van der Waals surface area contributed by atoms with E-state index in [1.165, 1.54) is 24.9 Å². The van der Waals surface area contributed by atoms with Crippen LogP contribution in [0.2, 0.25) is 0 Å². The summed E-state index contributed by atoms with van der Waals surface area (Å²) in [5.74, 6) is 1.01. The standard InChI is InChI=1S/C13H21NS/c1-14(10-5-6-12-15)11-9-13-7-3-2-4-8-13/h2-4,7-8,15H,5-6,9-12H2,1H3. The largest absolute Gasteiger partial charge is 0.306 e. The van der Waals surface area contributed by atoms with E-state index >= 15 is 0 Å². The molecule has 0 atom stereocenters. The van der Waals surface area contributed by atoms with Gasteiger partial charge in [0.1, 0.15) is 0 Å². The summed E-state index contributed by atoms with van der Waals surface area (Å²) in [6, 6.07) is 10.7. The molecule has 0 saturated carbocycles. The summed E-state index contributed by atoms with van der Waals surface area (Å²) in [6.07, 6.45) is 3.63. The summed E-state index contributed by atoms with van der Waals surface area (Å²) in [5.41, 5.74) is 1.43. The highest BCUT2D eigenvalue weighted by Gasteiger charge is 1.98. The highest BCUT2D eigenvalue weighted by Crippen LogP contribution is 2.01. The van der Waals surface area contributed by atoms with Gasteiger partial charge in [-0.3, -0.25) is 0 Å². The summed E-state index contributed by atoms with van der Waals surface area (Å²) in [5, 5.41) is 0.